The second kappa shape index (κ2) is 15.3. The van der Waals surface area contributed by atoms with Crippen LogP contribution in [0.4, 0.5) is 0 Å². The van der Waals surface area contributed by atoms with Crippen LogP contribution in [0.15, 0.2) is 31.2 Å². The predicted molar refractivity (Wildman–Crippen MR) is 124 cm³/mol. The Morgan fingerprint density at radius 2 is 1.83 bits per heavy atom. The molecule has 0 atom stereocenters. The lowest BCUT2D eigenvalue weighted by molar-refractivity contribution is -0.115. The SMILES string of the molecule is Cl.NCCCOc1c(Br)cc(C/C(=N\O)C(=O)NCCCCN=C(N)N)cc1Br. The number of hydrogen-bond donors (Lipinski definition) is 5. The lowest BCUT2D eigenvalue weighted by atomic mass is 10.1. The molecule has 0 heterocycles. The normalized spacial score (nSPS) is 10.8. The van der Waals surface area contributed by atoms with Gasteiger partial charge in [-0.3, -0.25) is 9.79 Å². The number of guanidine groups is 1. The minimum absolute atomic E-state index is 0. The Bertz CT molecular complexity index is 691. The maximum absolute atomic E-state index is 12.2. The van der Waals surface area contributed by atoms with Crippen molar-refractivity contribution in [2.24, 2.45) is 27.3 Å². The summed E-state index contributed by atoms with van der Waals surface area (Å²) in [6.45, 7) is 1.98. The minimum Gasteiger partial charge on any atom is -0.491 e. The first-order valence-electron chi connectivity index (χ1n) is 8.74. The number of nitrogens with two attached hydrogens (primary N) is 3. The molecule has 29 heavy (non-hydrogen) atoms. The molecule has 0 spiro atoms. The third-order valence-electron chi connectivity index (χ3n) is 3.57. The van der Waals surface area contributed by atoms with E-state index in [1.165, 1.54) is 0 Å². The van der Waals surface area contributed by atoms with Crippen LogP contribution in [0.2, 0.25) is 0 Å². The van der Waals surface area contributed by atoms with E-state index in [4.69, 9.17) is 21.9 Å². The van der Waals surface area contributed by atoms with Gasteiger partial charge in [0.2, 0.25) is 0 Å². The molecule has 1 amide bonds. The van der Waals surface area contributed by atoms with Crippen molar-refractivity contribution in [3.63, 3.8) is 0 Å². The van der Waals surface area contributed by atoms with Crippen LogP contribution >= 0.6 is 44.3 Å². The Labute approximate surface area is 193 Å². The predicted octanol–water partition coefficient (Wildman–Crippen LogP) is 1.90. The number of nitrogens with zero attached hydrogens (tertiary/aromatic N) is 2. The van der Waals surface area contributed by atoms with E-state index < -0.39 is 5.91 Å². The van der Waals surface area contributed by atoms with E-state index in [1.54, 1.807) is 0 Å². The zero-order chi connectivity index (χ0) is 20.9. The summed E-state index contributed by atoms with van der Waals surface area (Å²) in [5.74, 6) is 0.275. The molecule has 0 fully saturated rings. The zero-order valence-corrected chi connectivity index (χ0v) is 19.9. The average molecular weight is 559 g/mol. The Morgan fingerprint density at radius 3 is 2.38 bits per heavy atom. The average Bonchev–Trinajstić information content (AvgIpc) is 2.64. The number of unbranched alkanes of at least 4 members (excludes halogenated alkanes) is 1. The number of carbonyl (C=O) groups is 1. The molecule has 1 aromatic rings. The van der Waals surface area contributed by atoms with Crippen molar-refractivity contribution < 1.29 is 14.7 Å². The Morgan fingerprint density at radius 1 is 1.17 bits per heavy atom. The van der Waals surface area contributed by atoms with Crippen molar-refractivity contribution in [1.82, 2.24) is 5.32 Å². The van der Waals surface area contributed by atoms with Crippen molar-refractivity contribution >= 4 is 61.8 Å². The molecule has 0 unspecified atom stereocenters. The molecule has 0 aliphatic carbocycles. The Balaban J connectivity index is 0.00000784. The number of aliphatic imine (C=N–C) groups is 1. The van der Waals surface area contributed by atoms with Crippen LogP contribution in [0.1, 0.15) is 24.8 Å². The van der Waals surface area contributed by atoms with E-state index in [0.717, 1.165) is 27.4 Å². The monoisotopic (exact) mass is 556 g/mol. The number of hydrogen-bond acceptors (Lipinski definition) is 6. The molecule has 0 saturated heterocycles. The van der Waals surface area contributed by atoms with Gasteiger partial charge in [0, 0.05) is 19.5 Å². The fourth-order valence-electron chi connectivity index (χ4n) is 2.21. The van der Waals surface area contributed by atoms with Crippen LogP contribution in [0.5, 0.6) is 5.75 Å². The number of rotatable bonds is 12. The quantitative estimate of drug-likeness (QED) is 0.0866. The smallest absolute Gasteiger partial charge is 0.269 e. The van der Waals surface area contributed by atoms with Gasteiger partial charge in [0.15, 0.2) is 5.96 Å². The van der Waals surface area contributed by atoms with Gasteiger partial charge in [-0.1, -0.05) is 5.16 Å². The van der Waals surface area contributed by atoms with Crippen LogP contribution in [-0.2, 0) is 11.2 Å². The summed E-state index contributed by atoms with van der Waals surface area (Å²) >= 11 is 6.91. The lowest BCUT2D eigenvalue weighted by Crippen LogP contribution is -2.33. The van der Waals surface area contributed by atoms with Gasteiger partial charge in [-0.15, -0.1) is 12.4 Å². The van der Waals surface area contributed by atoms with Crippen LogP contribution in [-0.4, -0.2) is 49.0 Å². The van der Waals surface area contributed by atoms with E-state index in [9.17, 15) is 10.0 Å². The molecule has 0 saturated carbocycles. The van der Waals surface area contributed by atoms with Gasteiger partial charge in [0.05, 0.1) is 15.6 Å². The lowest BCUT2D eigenvalue weighted by Gasteiger charge is -2.12. The fraction of sp³-hybridized carbons (Fsp3) is 0.471. The van der Waals surface area contributed by atoms with Gasteiger partial charge in [-0.25, -0.2) is 0 Å². The minimum atomic E-state index is -0.431. The fourth-order valence-corrected chi connectivity index (χ4v) is 3.72. The molecular formula is C17H27Br2ClN6O3. The third kappa shape index (κ3) is 10.7. The van der Waals surface area contributed by atoms with Gasteiger partial charge in [0.25, 0.3) is 5.91 Å². The van der Waals surface area contributed by atoms with Gasteiger partial charge in [-0.05, 0) is 75.4 Å². The first-order chi connectivity index (χ1) is 13.4. The Kier molecular flexibility index (Phi) is 14.5. The molecule has 0 aliphatic rings. The van der Waals surface area contributed by atoms with Crippen molar-refractivity contribution in [3.05, 3.63) is 26.6 Å². The van der Waals surface area contributed by atoms with E-state index >= 15 is 0 Å². The third-order valence-corrected chi connectivity index (χ3v) is 4.75. The summed E-state index contributed by atoms with van der Waals surface area (Å²) in [6, 6.07) is 3.63. The molecule has 0 radical (unpaired) electrons. The number of amides is 1. The maximum Gasteiger partial charge on any atom is 0.269 e. The maximum atomic E-state index is 12.2. The summed E-state index contributed by atoms with van der Waals surface area (Å²) in [4.78, 5) is 16.1. The molecule has 164 valence electrons. The number of nitrogens with one attached hydrogen (secondary N) is 1. The first kappa shape index (κ1) is 27.4. The van der Waals surface area contributed by atoms with Crippen molar-refractivity contribution in [1.29, 1.82) is 0 Å². The number of carbonyl (C=O) groups excluding carboxylic acids is 1. The first-order valence-corrected chi connectivity index (χ1v) is 10.3. The van der Waals surface area contributed by atoms with E-state index in [2.05, 4.69) is 47.3 Å². The number of benzene rings is 1. The summed E-state index contributed by atoms with van der Waals surface area (Å²) in [7, 11) is 0. The summed E-state index contributed by atoms with van der Waals surface area (Å²) in [5.41, 5.74) is 16.7. The van der Waals surface area contributed by atoms with Crippen LogP contribution < -0.4 is 27.3 Å². The van der Waals surface area contributed by atoms with Gasteiger partial charge in [0.1, 0.15) is 11.5 Å². The topological polar surface area (TPSA) is 161 Å². The van der Waals surface area contributed by atoms with E-state index in [0.29, 0.717) is 38.4 Å². The molecule has 0 aliphatic heterocycles. The van der Waals surface area contributed by atoms with Crippen molar-refractivity contribution in [3.8, 4) is 5.75 Å². The summed E-state index contributed by atoms with van der Waals surface area (Å²) in [5, 5.41) is 15.1. The molecule has 8 N–H and O–H groups in total. The molecule has 1 aromatic carbocycles. The van der Waals surface area contributed by atoms with Crippen LogP contribution in [0.3, 0.4) is 0 Å². The summed E-state index contributed by atoms with van der Waals surface area (Å²) < 4.78 is 7.14. The van der Waals surface area contributed by atoms with Gasteiger partial charge in [-0.2, -0.15) is 0 Å². The zero-order valence-electron chi connectivity index (χ0n) is 15.9. The molecule has 1 rings (SSSR count). The van der Waals surface area contributed by atoms with Crippen molar-refractivity contribution in [2.75, 3.05) is 26.2 Å². The molecule has 0 aromatic heterocycles. The van der Waals surface area contributed by atoms with E-state index in [1.807, 2.05) is 12.1 Å². The molecule has 12 heteroatoms. The highest BCUT2D eigenvalue weighted by molar-refractivity contribution is 9.11. The highest BCUT2D eigenvalue weighted by Gasteiger charge is 2.15. The molecule has 0 bridgehead atoms. The van der Waals surface area contributed by atoms with Crippen molar-refractivity contribution in [2.45, 2.75) is 25.7 Å². The molecule has 9 nitrogen and oxygen atoms in total. The largest absolute Gasteiger partial charge is 0.491 e. The highest BCUT2D eigenvalue weighted by atomic mass is 79.9. The second-order valence-electron chi connectivity index (χ2n) is 5.87. The highest BCUT2D eigenvalue weighted by Crippen LogP contribution is 2.35. The standard InChI is InChI=1S/C17H26Br2N6O3.ClH/c18-12-8-11(9-13(19)15(12)28-7-3-4-20)10-14(25-27)16(26)23-5-1-2-6-24-17(21)22;/h8-9,27H,1-7,10,20H2,(H,23,26)(H4,21,22,24);1H/b25-14+;. The van der Waals surface area contributed by atoms with Gasteiger partial charge >= 0.3 is 0 Å². The Hall–Kier alpha value is -1.56. The second-order valence-corrected chi connectivity index (χ2v) is 7.58. The summed E-state index contributed by atoms with van der Waals surface area (Å²) in [6.07, 6.45) is 2.34. The number of ether oxygens (including phenoxy) is 1. The van der Waals surface area contributed by atoms with Gasteiger partial charge < -0.3 is 32.5 Å². The molecular weight excluding hydrogens is 531 g/mol. The number of oxime groups is 1. The van der Waals surface area contributed by atoms with Crippen LogP contribution in [0.25, 0.3) is 0 Å². The van der Waals surface area contributed by atoms with E-state index in [-0.39, 0.29) is 30.5 Å². The van der Waals surface area contributed by atoms with Crippen LogP contribution in [0, 0.1) is 0 Å². The number of halogens is 3.